The van der Waals surface area contributed by atoms with Gasteiger partial charge in [0.2, 0.25) is 0 Å². The fraction of sp³-hybridized carbons (Fsp3) is 0.385. The molecule has 0 bridgehead atoms. The third-order valence-electron chi connectivity index (χ3n) is 3.01. The molecule has 0 fully saturated rings. The smallest absolute Gasteiger partial charge is 0.0550 e. The lowest BCUT2D eigenvalue weighted by Crippen LogP contribution is -2.20. The van der Waals surface area contributed by atoms with Gasteiger partial charge in [-0.25, -0.2) is 0 Å². The zero-order valence-corrected chi connectivity index (χ0v) is 10.3. The fourth-order valence-corrected chi connectivity index (χ4v) is 2.02. The number of nitrogens with one attached hydrogen (secondary N) is 1. The highest BCUT2D eigenvalue weighted by Crippen LogP contribution is 2.17. The van der Waals surface area contributed by atoms with Crippen molar-refractivity contribution in [2.45, 2.75) is 18.9 Å². The van der Waals surface area contributed by atoms with Crippen molar-refractivity contribution < 1.29 is 0 Å². The number of nitrogens with zero attached hydrogens (tertiary/aromatic N) is 3. The van der Waals surface area contributed by atoms with Crippen LogP contribution in [0.25, 0.3) is 0 Å². The molecule has 4 heteroatoms. The van der Waals surface area contributed by atoms with Crippen molar-refractivity contribution in [3.63, 3.8) is 0 Å². The van der Waals surface area contributed by atoms with Crippen LogP contribution in [0.2, 0.25) is 0 Å². The van der Waals surface area contributed by atoms with Crippen LogP contribution in [0.15, 0.2) is 36.8 Å². The molecule has 0 aromatic carbocycles. The zero-order valence-electron chi connectivity index (χ0n) is 10.3. The van der Waals surface area contributed by atoms with Crippen LogP contribution in [-0.2, 0) is 13.5 Å². The topological polar surface area (TPSA) is 42.7 Å². The molecule has 0 aliphatic carbocycles. The molecular formula is C13H18N4. The molecule has 1 unspecified atom stereocenters. The van der Waals surface area contributed by atoms with Crippen LogP contribution in [0, 0.1) is 0 Å². The lowest BCUT2D eigenvalue weighted by atomic mass is 10.0. The van der Waals surface area contributed by atoms with Crippen molar-refractivity contribution in [2.75, 3.05) is 7.05 Å². The Morgan fingerprint density at radius 2 is 2.24 bits per heavy atom. The Morgan fingerprint density at radius 3 is 2.82 bits per heavy atom. The summed E-state index contributed by atoms with van der Waals surface area (Å²) in [5, 5.41) is 7.54. The molecule has 17 heavy (non-hydrogen) atoms. The van der Waals surface area contributed by atoms with Gasteiger partial charge in [0.05, 0.1) is 5.69 Å². The molecule has 0 aliphatic heterocycles. The van der Waals surface area contributed by atoms with Crippen molar-refractivity contribution >= 4 is 0 Å². The monoisotopic (exact) mass is 230 g/mol. The van der Waals surface area contributed by atoms with E-state index in [4.69, 9.17) is 0 Å². The van der Waals surface area contributed by atoms with E-state index in [1.54, 1.807) is 6.20 Å². The Labute approximate surface area is 102 Å². The first-order valence-electron chi connectivity index (χ1n) is 5.85. The predicted octanol–water partition coefficient (Wildman–Crippen LogP) is 1.71. The summed E-state index contributed by atoms with van der Waals surface area (Å²) in [6, 6.07) is 6.49. The minimum Gasteiger partial charge on any atom is -0.312 e. The van der Waals surface area contributed by atoms with Gasteiger partial charge in [-0.05, 0) is 37.6 Å². The van der Waals surface area contributed by atoms with Gasteiger partial charge in [-0.15, -0.1) is 0 Å². The van der Waals surface area contributed by atoms with E-state index in [0.29, 0.717) is 6.04 Å². The molecule has 0 radical (unpaired) electrons. The standard InChI is InChI=1S/C13H18N4/c1-14-12(13-7-9-16-17(13)2)6-5-11-4-3-8-15-10-11/h3-4,7-10,12,14H,5-6H2,1-2H3. The van der Waals surface area contributed by atoms with Crippen LogP contribution < -0.4 is 5.32 Å². The fourth-order valence-electron chi connectivity index (χ4n) is 2.02. The SMILES string of the molecule is CNC(CCc1cccnc1)c1ccnn1C. The van der Waals surface area contributed by atoms with E-state index in [1.807, 2.05) is 37.2 Å². The maximum Gasteiger partial charge on any atom is 0.0550 e. The van der Waals surface area contributed by atoms with Crippen molar-refractivity contribution in [3.8, 4) is 0 Å². The maximum atomic E-state index is 4.20. The highest BCUT2D eigenvalue weighted by atomic mass is 15.3. The second kappa shape index (κ2) is 5.59. The molecule has 0 amide bonds. The highest BCUT2D eigenvalue weighted by molar-refractivity contribution is 5.11. The molecule has 0 aliphatic rings. The van der Waals surface area contributed by atoms with E-state index in [-0.39, 0.29) is 0 Å². The van der Waals surface area contributed by atoms with Crippen LogP contribution in [0.5, 0.6) is 0 Å². The van der Waals surface area contributed by atoms with Crippen LogP contribution in [0.3, 0.4) is 0 Å². The number of rotatable bonds is 5. The van der Waals surface area contributed by atoms with Crippen LogP contribution in [-0.4, -0.2) is 21.8 Å². The minimum atomic E-state index is 0.336. The first-order valence-corrected chi connectivity index (χ1v) is 5.85. The highest BCUT2D eigenvalue weighted by Gasteiger charge is 2.12. The maximum absolute atomic E-state index is 4.20. The van der Waals surface area contributed by atoms with Gasteiger partial charge in [0.1, 0.15) is 0 Å². The summed E-state index contributed by atoms with van der Waals surface area (Å²) in [4.78, 5) is 4.13. The number of hydrogen-bond donors (Lipinski definition) is 1. The van der Waals surface area contributed by atoms with Crippen molar-refractivity contribution in [1.29, 1.82) is 0 Å². The largest absolute Gasteiger partial charge is 0.312 e. The summed E-state index contributed by atoms with van der Waals surface area (Å²) >= 11 is 0. The molecule has 1 atom stereocenters. The average molecular weight is 230 g/mol. The van der Waals surface area contributed by atoms with Gasteiger partial charge >= 0.3 is 0 Å². The van der Waals surface area contributed by atoms with Crippen molar-refractivity contribution in [3.05, 3.63) is 48.0 Å². The van der Waals surface area contributed by atoms with Crippen LogP contribution in [0.1, 0.15) is 23.7 Å². The van der Waals surface area contributed by atoms with E-state index >= 15 is 0 Å². The lowest BCUT2D eigenvalue weighted by molar-refractivity contribution is 0.506. The molecule has 0 spiro atoms. The Morgan fingerprint density at radius 1 is 1.35 bits per heavy atom. The Bertz CT molecular complexity index is 449. The zero-order chi connectivity index (χ0) is 12.1. The summed E-state index contributed by atoms with van der Waals surface area (Å²) < 4.78 is 1.92. The first-order chi connectivity index (χ1) is 8.31. The molecule has 2 aromatic heterocycles. The predicted molar refractivity (Wildman–Crippen MR) is 67.6 cm³/mol. The van der Waals surface area contributed by atoms with E-state index in [0.717, 1.165) is 12.8 Å². The number of aromatic nitrogens is 3. The molecule has 2 aromatic rings. The molecular weight excluding hydrogens is 212 g/mol. The van der Waals surface area contributed by atoms with E-state index in [2.05, 4.69) is 27.5 Å². The Kier molecular flexibility index (Phi) is 3.88. The summed E-state index contributed by atoms with van der Waals surface area (Å²) in [7, 11) is 3.96. The number of aryl methyl sites for hydroxylation is 2. The number of hydrogen-bond acceptors (Lipinski definition) is 3. The summed E-state index contributed by atoms with van der Waals surface area (Å²) in [6.07, 6.45) is 7.63. The van der Waals surface area contributed by atoms with Gasteiger partial charge in [-0.1, -0.05) is 6.07 Å². The summed E-state index contributed by atoms with van der Waals surface area (Å²) in [6.45, 7) is 0. The molecule has 0 saturated carbocycles. The summed E-state index contributed by atoms with van der Waals surface area (Å²) in [5.41, 5.74) is 2.49. The molecule has 2 rings (SSSR count). The third-order valence-corrected chi connectivity index (χ3v) is 3.01. The molecule has 90 valence electrons. The molecule has 4 nitrogen and oxygen atoms in total. The van der Waals surface area contributed by atoms with Gasteiger partial charge < -0.3 is 5.32 Å². The lowest BCUT2D eigenvalue weighted by Gasteiger charge is -2.16. The first kappa shape index (κ1) is 11.8. The van der Waals surface area contributed by atoms with Crippen LogP contribution >= 0.6 is 0 Å². The third kappa shape index (κ3) is 2.91. The normalized spacial score (nSPS) is 12.6. The van der Waals surface area contributed by atoms with E-state index in [9.17, 15) is 0 Å². The second-order valence-electron chi connectivity index (χ2n) is 4.12. The number of pyridine rings is 1. The van der Waals surface area contributed by atoms with Gasteiger partial charge in [-0.2, -0.15) is 5.10 Å². The van der Waals surface area contributed by atoms with Gasteiger partial charge in [-0.3, -0.25) is 9.67 Å². The van der Waals surface area contributed by atoms with E-state index in [1.165, 1.54) is 11.3 Å². The average Bonchev–Trinajstić information content (AvgIpc) is 2.78. The van der Waals surface area contributed by atoms with Crippen molar-refractivity contribution in [1.82, 2.24) is 20.1 Å². The quantitative estimate of drug-likeness (QED) is 0.850. The van der Waals surface area contributed by atoms with Crippen molar-refractivity contribution in [2.24, 2.45) is 7.05 Å². The van der Waals surface area contributed by atoms with Crippen LogP contribution in [0.4, 0.5) is 0 Å². The minimum absolute atomic E-state index is 0.336. The molecule has 2 heterocycles. The van der Waals surface area contributed by atoms with Gasteiger partial charge in [0, 0.05) is 31.7 Å². The van der Waals surface area contributed by atoms with Gasteiger partial charge in [0.15, 0.2) is 0 Å². The Balaban J connectivity index is 2.00. The second-order valence-corrected chi connectivity index (χ2v) is 4.12. The van der Waals surface area contributed by atoms with E-state index < -0.39 is 0 Å². The van der Waals surface area contributed by atoms with Gasteiger partial charge in [0.25, 0.3) is 0 Å². The molecule has 1 N–H and O–H groups in total. The Hall–Kier alpha value is -1.68. The molecule has 0 saturated heterocycles. The summed E-state index contributed by atoms with van der Waals surface area (Å²) in [5.74, 6) is 0.